The molecule has 0 aromatic heterocycles. The number of para-hydroxylation sites is 1. The van der Waals surface area contributed by atoms with Crippen molar-refractivity contribution in [1.82, 2.24) is 0 Å². The average Bonchev–Trinajstić information content (AvgIpc) is 2.37. The Labute approximate surface area is 97.6 Å². The van der Waals surface area contributed by atoms with Crippen LogP contribution >= 0.6 is 0 Å². The fourth-order valence-corrected chi connectivity index (χ4v) is 0.655. The largest absolute Gasteiger partial charge is 0.427 e. The van der Waals surface area contributed by atoms with Crippen molar-refractivity contribution in [2.45, 2.75) is 6.92 Å². The van der Waals surface area contributed by atoms with Crippen LogP contribution in [0.5, 0.6) is 5.75 Å². The maximum atomic E-state index is 10.4. The van der Waals surface area contributed by atoms with Crippen LogP contribution in [0.15, 0.2) is 30.3 Å². The van der Waals surface area contributed by atoms with E-state index in [9.17, 15) is 4.79 Å². The SMILES string of the molecule is CC(=O)Oc1ccccc1.CN.CN.CN. The first kappa shape index (κ1) is 20.0. The van der Waals surface area contributed by atoms with Crippen molar-refractivity contribution >= 4 is 5.97 Å². The Hall–Kier alpha value is -1.43. The molecule has 1 aromatic rings. The molecule has 0 atom stereocenters. The highest BCUT2D eigenvalue weighted by molar-refractivity contribution is 5.69. The third-order valence-electron chi connectivity index (χ3n) is 1.00. The fourth-order valence-electron chi connectivity index (χ4n) is 0.655. The highest BCUT2D eigenvalue weighted by Crippen LogP contribution is 2.07. The van der Waals surface area contributed by atoms with Crippen molar-refractivity contribution in [2.75, 3.05) is 21.1 Å². The Morgan fingerprint density at radius 2 is 1.31 bits per heavy atom. The summed E-state index contributed by atoms with van der Waals surface area (Å²) >= 11 is 0. The zero-order valence-corrected chi connectivity index (χ0v) is 10.4. The monoisotopic (exact) mass is 229 g/mol. The van der Waals surface area contributed by atoms with Crippen LogP contribution in [-0.2, 0) is 4.79 Å². The zero-order chi connectivity index (χ0) is 13.4. The predicted octanol–water partition coefficient (Wildman–Crippen LogP) is 0.337. The predicted molar refractivity (Wildman–Crippen MR) is 68.1 cm³/mol. The third kappa shape index (κ3) is 15.1. The minimum atomic E-state index is -0.286. The van der Waals surface area contributed by atoms with Crippen molar-refractivity contribution in [1.29, 1.82) is 0 Å². The van der Waals surface area contributed by atoms with E-state index in [-0.39, 0.29) is 5.97 Å². The molecule has 0 bridgehead atoms. The van der Waals surface area contributed by atoms with Crippen molar-refractivity contribution in [3.63, 3.8) is 0 Å². The van der Waals surface area contributed by atoms with E-state index in [1.807, 2.05) is 18.2 Å². The Kier molecular flexibility index (Phi) is 24.0. The van der Waals surface area contributed by atoms with Crippen LogP contribution in [0.25, 0.3) is 0 Å². The van der Waals surface area contributed by atoms with Gasteiger partial charge < -0.3 is 21.9 Å². The van der Waals surface area contributed by atoms with E-state index in [0.29, 0.717) is 5.75 Å². The molecule has 0 saturated heterocycles. The van der Waals surface area contributed by atoms with Crippen LogP contribution in [-0.4, -0.2) is 27.1 Å². The van der Waals surface area contributed by atoms with Gasteiger partial charge in [0.05, 0.1) is 0 Å². The summed E-state index contributed by atoms with van der Waals surface area (Å²) in [5, 5.41) is 0. The van der Waals surface area contributed by atoms with Crippen LogP contribution in [0.2, 0.25) is 0 Å². The zero-order valence-electron chi connectivity index (χ0n) is 10.4. The lowest BCUT2D eigenvalue weighted by molar-refractivity contribution is -0.131. The van der Waals surface area contributed by atoms with Gasteiger partial charge in [0, 0.05) is 6.92 Å². The van der Waals surface area contributed by atoms with Crippen molar-refractivity contribution in [3.8, 4) is 5.75 Å². The van der Waals surface area contributed by atoms with E-state index in [2.05, 4.69) is 17.2 Å². The van der Waals surface area contributed by atoms with Gasteiger partial charge in [-0.2, -0.15) is 0 Å². The van der Waals surface area contributed by atoms with Crippen molar-refractivity contribution < 1.29 is 9.53 Å². The Bertz CT molecular complexity index is 228. The number of benzene rings is 1. The first-order chi connectivity index (χ1) is 7.79. The summed E-state index contributed by atoms with van der Waals surface area (Å²) in [7, 11) is 4.50. The Morgan fingerprint density at radius 1 is 0.938 bits per heavy atom. The van der Waals surface area contributed by atoms with E-state index < -0.39 is 0 Å². The standard InChI is InChI=1S/C8H8O2.3CH5N/c1-7(9)10-8-5-3-2-4-6-8;3*1-2/h2-6H,1H3;3*2H2,1H3. The molecule has 5 heteroatoms. The smallest absolute Gasteiger partial charge is 0.308 e. The molecule has 0 aliphatic rings. The van der Waals surface area contributed by atoms with Crippen LogP contribution in [0.3, 0.4) is 0 Å². The van der Waals surface area contributed by atoms with E-state index in [1.165, 1.54) is 28.1 Å². The summed E-state index contributed by atoms with van der Waals surface area (Å²) in [5.41, 5.74) is 13.5. The second-order valence-corrected chi connectivity index (χ2v) is 1.91. The maximum Gasteiger partial charge on any atom is 0.308 e. The highest BCUT2D eigenvalue weighted by Gasteiger charge is 1.92. The molecule has 5 nitrogen and oxygen atoms in total. The first-order valence-corrected chi connectivity index (χ1v) is 4.76. The van der Waals surface area contributed by atoms with Gasteiger partial charge in [-0.05, 0) is 33.3 Å². The van der Waals surface area contributed by atoms with E-state index in [4.69, 9.17) is 4.74 Å². The topological polar surface area (TPSA) is 104 Å². The average molecular weight is 229 g/mol. The molecule has 1 aromatic carbocycles. The molecule has 1 rings (SSSR count). The van der Waals surface area contributed by atoms with E-state index in [0.717, 1.165) is 0 Å². The van der Waals surface area contributed by atoms with Crippen molar-refractivity contribution in [2.24, 2.45) is 17.2 Å². The lowest BCUT2D eigenvalue weighted by atomic mass is 10.3. The molecular formula is C11H23N3O2. The quantitative estimate of drug-likeness (QED) is 0.475. The minimum absolute atomic E-state index is 0.286. The van der Waals surface area contributed by atoms with E-state index >= 15 is 0 Å². The van der Waals surface area contributed by atoms with Gasteiger partial charge in [0.25, 0.3) is 0 Å². The number of ether oxygens (including phenoxy) is 1. The van der Waals surface area contributed by atoms with Gasteiger partial charge in [0.2, 0.25) is 0 Å². The molecule has 0 amide bonds. The molecule has 16 heavy (non-hydrogen) atoms. The molecule has 94 valence electrons. The van der Waals surface area contributed by atoms with Crippen LogP contribution < -0.4 is 21.9 Å². The molecule has 0 spiro atoms. The number of rotatable bonds is 1. The second kappa shape index (κ2) is 19.2. The Morgan fingerprint density at radius 3 is 1.62 bits per heavy atom. The molecular weight excluding hydrogens is 206 g/mol. The minimum Gasteiger partial charge on any atom is -0.427 e. The van der Waals surface area contributed by atoms with Gasteiger partial charge in [0.15, 0.2) is 0 Å². The van der Waals surface area contributed by atoms with Crippen LogP contribution in [0, 0.1) is 0 Å². The molecule has 0 fully saturated rings. The van der Waals surface area contributed by atoms with Gasteiger partial charge in [0.1, 0.15) is 5.75 Å². The number of hydrogen-bond donors (Lipinski definition) is 3. The highest BCUT2D eigenvalue weighted by atomic mass is 16.5. The summed E-state index contributed by atoms with van der Waals surface area (Å²) < 4.78 is 4.78. The summed E-state index contributed by atoms with van der Waals surface area (Å²) in [6.45, 7) is 1.38. The maximum absolute atomic E-state index is 10.4. The number of carbonyl (C=O) groups excluding carboxylic acids is 1. The summed E-state index contributed by atoms with van der Waals surface area (Å²) in [6, 6.07) is 8.98. The normalized spacial score (nSPS) is 6.69. The summed E-state index contributed by atoms with van der Waals surface area (Å²) in [5.74, 6) is 0.307. The molecule has 0 aliphatic carbocycles. The summed E-state index contributed by atoms with van der Waals surface area (Å²) in [4.78, 5) is 10.4. The van der Waals surface area contributed by atoms with Gasteiger partial charge in [-0.1, -0.05) is 18.2 Å². The summed E-state index contributed by atoms with van der Waals surface area (Å²) in [6.07, 6.45) is 0. The number of hydrogen-bond acceptors (Lipinski definition) is 5. The number of esters is 1. The van der Waals surface area contributed by atoms with Gasteiger partial charge >= 0.3 is 5.97 Å². The molecule has 0 aliphatic heterocycles. The molecule has 6 N–H and O–H groups in total. The second-order valence-electron chi connectivity index (χ2n) is 1.91. The number of nitrogens with two attached hydrogens (primary N) is 3. The third-order valence-corrected chi connectivity index (χ3v) is 1.00. The molecule has 0 unspecified atom stereocenters. The molecule has 0 saturated carbocycles. The van der Waals surface area contributed by atoms with E-state index in [1.54, 1.807) is 12.1 Å². The molecule has 0 radical (unpaired) electrons. The molecule has 0 heterocycles. The van der Waals surface area contributed by atoms with Crippen LogP contribution in [0.1, 0.15) is 6.92 Å². The lowest BCUT2D eigenvalue weighted by Crippen LogP contribution is -2.00. The van der Waals surface area contributed by atoms with Crippen molar-refractivity contribution in [3.05, 3.63) is 30.3 Å². The lowest BCUT2D eigenvalue weighted by Gasteiger charge is -1.97. The van der Waals surface area contributed by atoms with Gasteiger partial charge in [-0.3, -0.25) is 4.79 Å². The van der Waals surface area contributed by atoms with Gasteiger partial charge in [-0.15, -0.1) is 0 Å². The first-order valence-electron chi connectivity index (χ1n) is 4.76. The van der Waals surface area contributed by atoms with Crippen LogP contribution in [0.4, 0.5) is 0 Å². The Balaban J connectivity index is -0.000000245. The fraction of sp³-hybridized carbons (Fsp3) is 0.364. The van der Waals surface area contributed by atoms with Gasteiger partial charge in [-0.25, -0.2) is 0 Å². The number of carbonyl (C=O) groups is 1.